The summed E-state index contributed by atoms with van der Waals surface area (Å²) in [7, 11) is 1.54. The molecule has 0 aromatic heterocycles. The molecule has 0 spiro atoms. The molecule has 1 saturated heterocycles. The first kappa shape index (κ1) is 27.7. The first-order valence-electron chi connectivity index (χ1n) is 12.5. The number of likely N-dealkylation sites (tertiary alicyclic amines) is 1. The van der Waals surface area contributed by atoms with Crippen LogP contribution in [0.5, 0.6) is 11.5 Å². The van der Waals surface area contributed by atoms with Crippen molar-refractivity contribution in [2.24, 2.45) is 11.7 Å². The smallest absolute Gasteiger partial charge is 0.415 e. The SMILES string of the molecule is COc1cc(CNC(=O)CCCC/C=C/C(C)C)ccc1OC(=O)N1CCCC1CC(C)(C)N. The van der Waals surface area contributed by atoms with Gasteiger partial charge in [0, 0.05) is 31.1 Å². The monoisotopic (exact) mass is 473 g/mol. The summed E-state index contributed by atoms with van der Waals surface area (Å²) >= 11 is 0. The van der Waals surface area contributed by atoms with Gasteiger partial charge in [0.05, 0.1) is 7.11 Å². The van der Waals surface area contributed by atoms with Gasteiger partial charge in [-0.15, -0.1) is 0 Å². The van der Waals surface area contributed by atoms with Crippen LogP contribution in [-0.4, -0.2) is 42.1 Å². The lowest BCUT2D eigenvalue weighted by Crippen LogP contribution is -2.44. The Morgan fingerprint density at radius 2 is 2.03 bits per heavy atom. The largest absolute Gasteiger partial charge is 0.493 e. The second kappa shape index (κ2) is 13.4. The van der Waals surface area contributed by atoms with Gasteiger partial charge in [-0.05, 0) is 76.0 Å². The predicted molar refractivity (Wildman–Crippen MR) is 136 cm³/mol. The molecule has 1 aromatic carbocycles. The van der Waals surface area contributed by atoms with Crippen molar-refractivity contribution in [2.45, 2.75) is 90.8 Å². The highest BCUT2D eigenvalue weighted by atomic mass is 16.6. The quantitative estimate of drug-likeness (QED) is 0.322. The van der Waals surface area contributed by atoms with Crippen molar-refractivity contribution in [3.8, 4) is 11.5 Å². The summed E-state index contributed by atoms with van der Waals surface area (Å²) in [6, 6.07) is 5.44. The van der Waals surface area contributed by atoms with Gasteiger partial charge in [-0.25, -0.2) is 4.79 Å². The van der Waals surface area contributed by atoms with Crippen LogP contribution in [0, 0.1) is 5.92 Å². The van der Waals surface area contributed by atoms with Gasteiger partial charge in [0.1, 0.15) is 0 Å². The Bertz CT molecular complexity index is 830. The minimum Gasteiger partial charge on any atom is -0.493 e. The Kier molecular flexibility index (Phi) is 10.9. The van der Waals surface area contributed by atoms with Crippen molar-refractivity contribution in [3.05, 3.63) is 35.9 Å². The number of benzene rings is 1. The summed E-state index contributed by atoms with van der Waals surface area (Å²) in [5.41, 5.74) is 6.70. The van der Waals surface area contributed by atoms with Crippen LogP contribution in [0.15, 0.2) is 30.4 Å². The highest BCUT2D eigenvalue weighted by molar-refractivity contribution is 5.76. The Balaban J connectivity index is 1.84. The molecule has 1 aromatic rings. The molecule has 2 amide bonds. The van der Waals surface area contributed by atoms with Crippen LogP contribution in [-0.2, 0) is 11.3 Å². The fourth-order valence-corrected chi connectivity index (χ4v) is 4.16. The number of allylic oxidation sites excluding steroid dienone is 2. The van der Waals surface area contributed by atoms with Crippen LogP contribution >= 0.6 is 0 Å². The molecule has 1 unspecified atom stereocenters. The maximum absolute atomic E-state index is 12.8. The Labute approximate surface area is 205 Å². The molecule has 3 N–H and O–H groups in total. The first-order valence-corrected chi connectivity index (χ1v) is 12.5. The molecular weight excluding hydrogens is 430 g/mol. The Morgan fingerprint density at radius 1 is 1.26 bits per heavy atom. The number of hydrogen-bond donors (Lipinski definition) is 2. The van der Waals surface area contributed by atoms with E-state index in [1.165, 1.54) is 0 Å². The normalized spacial score (nSPS) is 16.3. The van der Waals surface area contributed by atoms with Crippen molar-refractivity contribution in [1.29, 1.82) is 0 Å². The third-order valence-corrected chi connectivity index (χ3v) is 5.83. The zero-order valence-electron chi connectivity index (χ0n) is 21.6. The van der Waals surface area contributed by atoms with Gasteiger partial charge in [-0.3, -0.25) is 4.79 Å². The summed E-state index contributed by atoms with van der Waals surface area (Å²) in [4.78, 5) is 26.7. The predicted octanol–water partition coefficient (Wildman–Crippen LogP) is 5.17. The van der Waals surface area contributed by atoms with E-state index >= 15 is 0 Å². The van der Waals surface area contributed by atoms with Gasteiger partial charge in [-0.2, -0.15) is 0 Å². The molecule has 1 heterocycles. The van der Waals surface area contributed by atoms with E-state index in [2.05, 4.69) is 31.3 Å². The van der Waals surface area contributed by atoms with Gasteiger partial charge >= 0.3 is 6.09 Å². The van der Waals surface area contributed by atoms with Gasteiger partial charge in [-0.1, -0.05) is 32.1 Å². The zero-order chi connectivity index (χ0) is 25.1. The minimum absolute atomic E-state index is 0.0326. The van der Waals surface area contributed by atoms with Gasteiger partial charge in [0.25, 0.3) is 0 Å². The number of amides is 2. The number of nitrogens with zero attached hydrogens (tertiary/aromatic N) is 1. The van der Waals surface area contributed by atoms with Gasteiger partial charge in [0.2, 0.25) is 5.91 Å². The Morgan fingerprint density at radius 3 is 2.71 bits per heavy atom. The van der Waals surface area contributed by atoms with E-state index in [1.54, 1.807) is 24.1 Å². The standard InChI is InChI=1S/C27H43N3O4/c1-20(2)11-8-6-7-9-13-25(31)29-19-21-14-15-23(24(17-21)33-5)34-26(32)30-16-10-12-22(30)18-27(3,4)28/h8,11,14-15,17,20,22H,6-7,9-10,12-13,16,18-19,28H2,1-5H3,(H,29,31)/b11-8+. The van der Waals surface area contributed by atoms with E-state index in [0.717, 1.165) is 44.1 Å². The van der Waals surface area contributed by atoms with E-state index in [9.17, 15) is 9.59 Å². The number of carbonyl (C=O) groups is 2. The van der Waals surface area contributed by atoms with Crippen LogP contribution in [0.4, 0.5) is 4.79 Å². The third-order valence-electron chi connectivity index (χ3n) is 5.83. The van der Waals surface area contributed by atoms with E-state index in [0.29, 0.717) is 36.9 Å². The lowest BCUT2D eigenvalue weighted by molar-refractivity contribution is -0.121. The van der Waals surface area contributed by atoms with E-state index < -0.39 is 0 Å². The molecule has 1 aliphatic rings. The summed E-state index contributed by atoms with van der Waals surface area (Å²) in [5, 5.41) is 2.95. The molecule has 7 heteroatoms. The summed E-state index contributed by atoms with van der Waals surface area (Å²) in [5.74, 6) is 1.43. The van der Waals surface area contributed by atoms with Crippen LogP contribution in [0.2, 0.25) is 0 Å². The highest BCUT2D eigenvalue weighted by Crippen LogP contribution is 2.31. The van der Waals surface area contributed by atoms with Gasteiger partial charge < -0.3 is 25.4 Å². The second-order valence-corrected chi connectivity index (χ2v) is 10.2. The number of hydrogen-bond acceptors (Lipinski definition) is 5. The van der Waals surface area contributed by atoms with E-state index in [1.807, 2.05) is 19.9 Å². The van der Waals surface area contributed by atoms with Crippen LogP contribution in [0.1, 0.15) is 78.2 Å². The van der Waals surface area contributed by atoms with Crippen molar-refractivity contribution in [3.63, 3.8) is 0 Å². The molecule has 7 nitrogen and oxygen atoms in total. The molecule has 0 aliphatic carbocycles. The fraction of sp³-hybridized carbons (Fsp3) is 0.630. The highest BCUT2D eigenvalue weighted by Gasteiger charge is 2.33. The number of nitrogens with one attached hydrogen (secondary N) is 1. The number of carbonyl (C=O) groups excluding carboxylic acids is 2. The number of nitrogens with two attached hydrogens (primary N) is 1. The molecule has 0 bridgehead atoms. The summed E-state index contributed by atoms with van der Waals surface area (Å²) in [6.07, 6.45) is 9.99. The lowest BCUT2D eigenvalue weighted by Gasteiger charge is -2.29. The molecule has 1 atom stereocenters. The van der Waals surface area contributed by atoms with Crippen molar-refractivity contribution >= 4 is 12.0 Å². The van der Waals surface area contributed by atoms with Crippen LogP contribution in [0.25, 0.3) is 0 Å². The molecule has 34 heavy (non-hydrogen) atoms. The molecule has 0 radical (unpaired) electrons. The molecule has 1 fully saturated rings. The number of ether oxygens (including phenoxy) is 2. The van der Waals surface area contributed by atoms with E-state index in [-0.39, 0.29) is 23.6 Å². The van der Waals surface area contributed by atoms with Crippen molar-refractivity contribution in [1.82, 2.24) is 10.2 Å². The number of rotatable bonds is 12. The van der Waals surface area contributed by atoms with Crippen molar-refractivity contribution < 1.29 is 19.1 Å². The average molecular weight is 474 g/mol. The maximum Gasteiger partial charge on any atom is 0.415 e. The molecule has 0 saturated carbocycles. The van der Waals surface area contributed by atoms with Crippen LogP contribution in [0.3, 0.4) is 0 Å². The zero-order valence-corrected chi connectivity index (χ0v) is 21.6. The Hall–Kier alpha value is -2.54. The minimum atomic E-state index is -0.380. The first-order chi connectivity index (χ1) is 16.1. The number of unbranched alkanes of at least 4 members (excludes halogenated alkanes) is 2. The van der Waals surface area contributed by atoms with E-state index in [4.69, 9.17) is 15.2 Å². The van der Waals surface area contributed by atoms with Crippen molar-refractivity contribution in [2.75, 3.05) is 13.7 Å². The average Bonchev–Trinajstić information content (AvgIpc) is 3.21. The lowest BCUT2D eigenvalue weighted by atomic mass is 9.95. The summed E-state index contributed by atoms with van der Waals surface area (Å²) < 4.78 is 11.1. The second-order valence-electron chi connectivity index (χ2n) is 10.2. The topological polar surface area (TPSA) is 93.9 Å². The molecular formula is C27H43N3O4. The fourth-order valence-electron chi connectivity index (χ4n) is 4.16. The summed E-state index contributed by atoms with van der Waals surface area (Å²) in [6.45, 7) is 9.32. The third kappa shape index (κ3) is 9.75. The molecule has 190 valence electrons. The molecule has 2 rings (SSSR count). The maximum atomic E-state index is 12.8. The molecule has 1 aliphatic heterocycles. The van der Waals surface area contributed by atoms with Crippen LogP contribution < -0.4 is 20.5 Å². The number of methoxy groups -OCH3 is 1. The van der Waals surface area contributed by atoms with Gasteiger partial charge in [0.15, 0.2) is 11.5 Å².